The molecule has 1 saturated heterocycles. The molecule has 27 heavy (non-hydrogen) atoms. The molecule has 0 aromatic carbocycles. The van der Waals surface area contributed by atoms with Crippen molar-refractivity contribution in [2.24, 2.45) is 5.92 Å². The van der Waals surface area contributed by atoms with E-state index in [9.17, 15) is 9.59 Å². The van der Waals surface area contributed by atoms with Crippen molar-refractivity contribution in [2.75, 3.05) is 19.6 Å². The molecule has 1 aliphatic rings. The van der Waals surface area contributed by atoms with Gasteiger partial charge in [0, 0.05) is 32.0 Å². The number of nitrogens with zero attached hydrogens (tertiary/aromatic N) is 3. The van der Waals surface area contributed by atoms with Crippen molar-refractivity contribution in [2.45, 2.75) is 45.6 Å². The van der Waals surface area contributed by atoms with Crippen LogP contribution in [0.1, 0.15) is 39.3 Å². The number of carbonyl (C=O) groups excluding carboxylic acids is 2. The average Bonchev–Trinajstić information content (AvgIpc) is 3.01. The van der Waals surface area contributed by atoms with Gasteiger partial charge in [-0.15, -0.1) is 0 Å². The minimum Gasteiger partial charge on any atom is -0.444 e. The van der Waals surface area contributed by atoms with Crippen LogP contribution in [-0.2, 0) is 16.0 Å². The molecule has 0 aliphatic carbocycles. The maximum atomic E-state index is 12.7. The summed E-state index contributed by atoms with van der Waals surface area (Å²) >= 11 is 0. The van der Waals surface area contributed by atoms with E-state index in [2.05, 4.69) is 10.3 Å². The molecule has 1 fully saturated rings. The summed E-state index contributed by atoms with van der Waals surface area (Å²) in [4.78, 5) is 30.9. The maximum Gasteiger partial charge on any atom is 0.407 e. The van der Waals surface area contributed by atoms with E-state index in [4.69, 9.17) is 4.74 Å². The van der Waals surface area contributed by atoms with Crippen molar-refractivity contribution in [1.29, 1.82) is 0 Å². The molecule has 1 atom stereocenters. The van der Waals surface area contributed by atoms with E-state index in [0.717, 1.165) is 30.7 Å². The van der Waals surface area contributed by atoms with Gasteiger partial charge in [0.05, 0.1) is 12.1 Å². The number of rotatable bonds is 4. The van der Waals surface area contributed by atoms with Gasteiger partial charge in [-0.3, -0.25) is 4.79 Å². The number of alkyl carbamates (subject to hydrolysis) is 1. The Morgan fingerprint density at radius 2 is 2.15 bits per heavy atom. The normalized spacial score (nSPS) is 17.7. The van der Waals surface area contributed by atoms with Crippen LogP contribution in [0.5, 0.6) is 0 Å². The number of fused-ring (bicyclic) bond motifs is 1. The van der Waals surface area contributed by atoms with Crippen LogP contribution in [0.15, 0.2) is 30.6 Å². The molecule has 3 heterocycles. The third kappa shape index (κ3) is 5.45. The molecule has 2 aromatic heterocycles. The maximum absolute atomic E-state index is 12.7. The molecule has 0 radical (unpaired) electrons. The van der Waals surface area contributed by atoms with Crippen molar-refractivity contribution in [3.63, 3.8) is 0 Å². The number of ether oxygens (including phenoxy) is 1. The van der Waals surface area contributed by atoms with E-state index in [1.165, 1.54) is 0 Å². The summed E-state index contributed by atoms with van der Waals surface area (Å²) in [6.45, 7) is 7.46. The number of aromatic nitrogens is 2. The van der Waals surface area contributed by atoms with Gasteiger partial charge in [-0.05, 0) is 51.7 Å². The molecule has 2 aromatic rings. The molecule has 0 spiro atoms. The molecule has 146 valence electrons. The minimum absolute atomic E-state index is 0.0837. The Labute approximate surface area is 159 Å². The topological polar surface area (TPSA) is 75.9 Å². The van der Waals surface area contributed by atoms with E-state index < -0.39 is 11.7 Å². The Balaban J connectivity index is 1.51. The van der Waals surface area contributed by atoms with Crippen LogP contribution in [0.2, 0.25) is 0 Å². The fourth-order valence-corrected chi connectivity index (χ4v) is 3.34. The number of hydrogen-bond donors (Lipinski definition) is 1. The van der Waals surface area contributed by atoms with Crippen molar-refractivity contribution in [3.8, 4) is 0 Å². The lowest BCUT2D eigenvalue weighted by atomic mass is 9.97. The molecule has 3 rings (SSSR count). The lowest BCUT2D eigenvalue weighted by molar-refractivity contribution is -0.132. The van der Waals surface area contributed by atoms with Gasteiger partial charge in [-0.1, -0.05) is 6.07 Å². The predicted octanol–water partition coefficient (Wildman–Crippen LogP) is 2.64. The van der Waals surface area contributed by atoms with Gasteiger partial charge in [-0.2, -0.15) is 0 Å². The molecule has 0 saturated carbocycles. The quantitative estimate of drug-likeness (QED) is 0.895. The smallest absolute Gasteiger partial charge is 0.407 e. The molecular weight excluding hydrogens is 344 g/mol. The molecule has 1 N–H and O–H groups in total. The number of pyridine rings is 1. The molecule has 1 aliphatic heterocycles. The lowest BCUT2D eigenvalue weighted by Crippen LogP contribution is -2.45. The number of imidazole rings is 1. The summed E-state index contributed by atoms with van der Waals surface area (Å²) in [6.07, 6.45) is 5.66. The average molecular weight is 372 g/mol. The number of nitrogens with one attached hydrogen (secondary N) is 1. The Kier molecular flexibility index (Phi) is 5.68. The second-order valence-electron chi connectivity index (χ2n) is 8.11. The van der Waals surface area contributed by atoms with Crippen molar-refractivity contribution in [1.82, 2.24) is 19.6 Å². The first-order valence-electron chi connectivity index (χ1n) is 9.47. The summed E-state index contributed by atoms with van der Waals surface area (Å²) in [6, 6.07) is 5.79. The zero-order valence-electron chi connectivity index (χ0n) is 16.3. The SMILES string of the molecule is CC(C)(C)OC(=O)NCC1CCCN(C(=O)Cc2cn3ccccc3n2)C1. The van der Waals surface area contributed by atoms with Gasteiger partial charge in [0.25, 0.3) is 0 Å². The molecule has 1 unspecified atom stereocenters. The zero-order chi connectivity index (χ0) is 19.4. The van der Waals surface area contributed by atoms with Crippen LogP contribution in [0.25, 0.3) is 5.65 Å². The first-order valence-corrected chi connectivity index (χ1v) is 9.47. The molecule has 7 heteroatoms. The van der Waals surface area contributed by atoms with Gasteiger partial charge in [-0.25, -0.2) is 9.78 Å². The Bertz CT molecular complexity index is 776. The highest BCUT2D eigenvalue weighted by molar-refractivity contribution is 5.78. The summed E-state index contributed by atoms with van der Waals surface area (Å²) in [5.41, 5.74) is 1.12. The number of hydrogen-bond acceptors (Lipinski definition) is 4. The number of carbonyl (C=O) groups is 2. The predicted molar refractivity (Wildman–Crippen MR) is 102 cm³/mol. The highest BCUT2D eigenvalue weighted by atomic mass is 16.6. The van der Waals surface area contributed by atoms with Gasteiger partial charge >= 0.3 is 6.09 Å². The van der Waals surface area contributed by atoms with Crippen LogP contribution in [0.3, 0.4) is 0 Å². The van der Waals surface area contributed by atoms with E-state index in [1.54, 1.807) is 0 Å². The van der Waals surface area contributed by atoms with Crippen LogP contribution in [0, 0.1) is 5.92 Å². The Morgan fingerprint density at radius 3 is 2.89 bits per heavy atom. The number of amides is 2. The standard InChI is InChI=1S/C20H28N4O3/c1-20(2,3)27-19(26)21-12-15-7-6-10-24(13-15)18(25)11-16-14-23-9-5-4-8-17(23)22-16/h4-5,8-9,14-15H,6-7,10-13H2,1-3H3,(H,21,26). The van der Waals surface area contributed by atoms with Gasteiger partial charge in [0.2, 0.25) is 5.91 Å². The lowest BCUT2D eigenvalue weighted by Gasteiger charge is -2.33. The minimum atomic E-state index is -0.507. The van der Waals surface area contributed by atoms with Gasteiger partial charge < -0.3 is 19.4 Å². The summed E-state index contributed by atoms with van der Waals surface area (Å²) in [5.74, 6) is 0.330. The first-order chi connectivity index (χ1) is 12.8. The number of likely N-dealkylation sites (tertiary alicyclic amines) is 1. The Hall–Kier alpha value is -2.57. The fourth-order valence-electron chi connectivity index (χ4n) is 3.34. The van der Waals surface area contributed by atoms with Crippen LogP contribution >= 0.6 is 0 Å². The highest BCUT2D eigenvalue weighted by Crippen LogP contribution is 2.17. The molecular formula is C20H28N4O3. The summed E-state index contributed by atoms with van der Waals surface area (Å²) in [7, 11) is 0. The van der Waals surface area contributed by atoms with E-state index >= 15 is 0 Å². The first kappa shape index (κ1) is 19.2. The Morgan fingerprint density at radius 1 is 1.33 bits per heavy atom. The second kappa shape index (κ2) is 7.98. The third-order valence-electron chi connectivity index (χ3n) is 4.55. The van der Waals surface area contributed by atoms with Gasteiger partial charge in [0.15, 0.2) is 0 Å². The van der Waals surface area contributed by atoms with Crippen LogP contribution in [-0.4, -0.2) is 51.5 Å². The summed E-state index contributed by atoms with van der Waals surface area (Å²) in [5, 5.41) is 2.82. The highest BCUT2D eigenvalue weighted by Gasteiger charge is 2.25. The van der Waals surface area contributed by atoms with Gasteiger partial charge in [0.1, 0.15) is 11.2 Å². The van der Waals surface area contributed by atoms with Crippen LogP contribution < -0.4 is 5.32 Å². The number of piperidine rings is 1. The van der Waals surface area contributed by atoms with E-state index in [-0.39, 0.29) is 11.8 Å². The van der Waals surface area contributed by atoms with Crippen molar-refractivity contribution >= 4 is 17.6 Å². The monoisotopic (exact) mass is 372 g/mol. The van der Waals surface area contributed by atoms with E-state index in [0.29, 0.717) is 19.5 Å². The largest absolute Gasteiger partial charge is 0.444 e. The van der Waals surface area contributed by atoms with Crippen molar-refractivity contribution < 1.29 is 14.3 Å². The fraction of sp³-hybridized carbons (Fsp3) is 0.550. The van der Waals surface area contributed by atoms with Crippen LogP contribution in [0.4, 0.5) is 4.79 Å². The second-order valence-corrected chi connectivity index (χ2v) is 8.11. The third-order valence-corrected chi connectivity index (χ3v) is 4.55. The van der Waals surface area contributed by atoms with E-state index in [1.807, 2.05) is 60.7 Å². The zero-order valence-corrected chi connectivity index (χ0v) is 16.3. The van der Waals surface area contributed by atoms with Crippen molar-refractivity contribution in [3.05, 3.63) is 36.3 Å². The molecule has 2 amide bonds. The molecule has 0 bridgehead atoms. The molecule has 7 nitrogen and oxygen atoms in total. The summed E-state index contributed by atoms with van der Waals surface area (Å²) < 4.78 is 7.19.